The minimum atomic E-state index is 0.0219. The molecule has 1 unspecified atom stereocenters. The van der Waals surface area contributed by atoms with Crippen molar-refractivity contribution in [2.75, 3.05) is 13.1 Å². The van der Waals surface area contributed by atoms with Crippen LogP contribution >= 0.6 is 0 Å². The van der Waals surface area contributed by atoms with Gasteiger partial charge in [-0.15, -0.1) is 0 Å². The summed E-state index contributed by atoms with van der Waals surface area (Å²) < 4.78 is 5.90. The fraction of sp³-hybridized carbons (Fsp3) is 0.350. The van der Waals surface area contributed by atoms with Crippen LogP contribution in [0.25, 0.3) is 0 Å². The first kappa shape index (κ1) is 17.1. The van der Waals surface area contributed by atoms with Crippen molar-refractivity contribution < 1.29 is 4.74 Å². The van der Waals surface area contributed by atoms with Gasteiger partial charge in [0.05, 0.1) is 0 Å². The highest BCUT2D eigenvalue weighted by atomic mass is 16.5. The summed E-state index contributed by atoms with van der Waals surface area (Å²) >= 11 is 0. The molecule has 0 fully saturated rings. The average molecular weight is 308 g/mol. The summed E-state index contributed by atoms with van der Waals surface area (Å²) in [7, 11) is 0. The Balaban J connectivity index is 1.98. The molecule has 0 aliphatic heterocycles. The molecular weight excluding hydrogens is 284 g/mol. The quantitative estimate of drug-likeness (QED) is 0.597. The van der Waals surface area contributed by atoms with E-state index in [2.05, 4.69) is 42.5 Å². The summed E-state index contributed by atoms with van der Waals surface area (Å²) in [4.78, 5) is 6.64. The highest BCUT2D eigenvalue weighted by Gasteiger charge is 2.12. The lowest BCUT2D eigenvalue weighted by Gasteiger charge is -2.27. The number of nitrogens with zero attached hydrogens (tertiary/aromatic N) is 2. The number of ether oxygens (including phenoxy) is 1. The van der Waals surface area contributed by atoms with E-state index in [1.807, 2.05) is 42.5 Å². The molecule has 1 atom stereocenters. The maximum atomic E-state index is 5.90. The van der Waals surface area contributed by atoms with Crippen LogP contribution < -0.4 is 4.74 Å². The minimum absolute atomic E-state index is 0.0219. The second kappa shape index (κ2) is 8.97. The Morgan fingerprint density at radius 3 is 2.39 bits per heavy atom. The van der Waals surface area contributed by atoms with Crippen molar-refractivity contribution in [3.8, 4) is 17.7 Å². The predicted octanol–water partition coefficient (Wildman–Crippen LogP) is 3.94. The van der Waals surface area contributed by atoms with Crippen LogP contribution in [-0.4, -0.2) is 29.2 Å². The maximum Gasteiger partial charge on any atom is 0.214 e. The summed E-state index contributed by atoms with van der Waals surface area (Å²) in [6.45, 7) is 8.37. The standard InChI is InChI=1S/C20H24N2O/c1-4-15-22(5-2)17(3)23-20-14-13-19(16-21-20)12-11-18-9-7-6-8-10-18/h6-10,13-14,16-17H,4-5,15H2,1-3H3. The number of rotatable bonds is 6. The second-order valence-corrected chi connectivity index (χ2v) is 5.35. The third-order valence-corrected chi connectivity index (χ3v) is 3.58. The third kappa shape index (κ3) is 5.43. The molecule has 0 aliphatic carbocycles. The normalized spacial score (nSPS) is 11.7. The van der Waals surface area contributed by atoms with Crippen LogP contribution in [0.1, 0.15) is 38.3 Å². The molecule has 2 aromatic rings. The zero-order chi connectivity index (χ0) is 16.5. The van der Waals surface area contributed by atoms with Gasteiger partial charge in [0.25, 0.3) is 0 Å². The number of benzene rings is 1. The Labute approximate surface area is 139 Å². The number of pyridine rings is 1. The zero-order valence-electron chi connectivity index (χ0n) is 14.1. The molecule has 0 N–H and O–H groups in total. The Hall–Kier alpha value is -2.31. The molecule has 0 saturated carbocycles. The summed E-state index contributed by atoms with van der Waals surface area (Å²) in [5, 5.41) is 0. The molecule has 0 spiro atoms. The molecule has 1 aromatic heterocycles. The smallest absolute Gasteiger partial charge is 0.214 e. The molecule has 0 radical (unpaired) electrons. The van der Waals surface area contributed by atoms with Gasteiger partial charge in [-0.05, 0) is 38.1 Å². The van der Waals surface area contributed by atoms with Gasteiger partial charge in [-0.25, -0.2) is 4.98 Å². The van der Waals surface area contributed by atoms with Gasteiger partial charge in [-0.2, -0.15) is 0 Å². The SMILES string of the molecule is CCCN(CC)C(C)Oc1ccc(C#Cc2ccccc2)cn1. The number of hydrogen-bond donors (Lipinski definition) is 0. The third-order valence-electron chi connectivity index (χ3n) is 3.58. The van der Waals surface area contributed by atoms with Crippen molar-refractivity contribution in [1.29, 1.82) is 0 Å². The highest BCUT2D eigenvalue weighted by molar-refractivity contribution is 5.42. The van der Waals surface area contributed by atoms with E-state index in [1.165, 1.54) is 0 Å². The fourth-order valence-corrected chi connectivity index (χ4v) is 2.32. The van der Waals surface area contributed by atoms with Crippen molar-refractivity contribution in [2.24, 2.45) is 0 Å². The lowest BCUT2D eigenvalue weighted by atomic mass is 10.2. The van der Waals surface area contributed by atoms with Gasteiger partial charge < -0.3 is 4.74 Å². The molecule has 0 bridgehead atoms. The molecule has 0 amide bonds. The molecule has 3 heteroatoms. The van der Waals surface area contributed by atoms with Crippen LogP contribution in [0, 0.1) is 11.8 Å². The Bertz CT molecular complexity index is 641. The first-order chi connectivity index (χ1) is 11.2. The lowest BCUT2D eigenvalue weighted by molar-refractivity contribution is 0.0402. The van der Waals surface area contributed by atoms with Crippen molar-refractivity contribution in [2.45, 2.75) is 33.4 Å². The first-order valence-corrected chi connectivity index (χ1v) is 8.16. The molecule has 0 aliphatic rings. The first-order valence-electron chi connectivity index (χ1n) is 8.16. The summed E-state index contributed by atoms with van der Waals surface area (Å²) in [5.41, 5.74) is 1.88. The van der Waals surface area contributed by atoms with Gasteiger partial charge >= 0.3 is 0 Å². The number of aromatic nitrogens is 1. The van der Waals surface area contributed by atoms with Crippen molar-refractivity contribution >= 4 is 0 Å². The van der Waals surface area contributed by atoms with E-state index in [9.17, 15) is 0 Å². The van der Waals surface area contributed by atoms with Crippen LogP contribution in [0.4, 0.5) is 0 Å². The van der Waals surface area contributed by atoms with E-state index in [0.717, 1.165) is 30.6 Å². The molecule has 1 heterocycles. The van der Waals surface area contributed by atoms with Gasteiger partial charge in [0.15, 0.2) is 6.23 Å². The topological polar surface area (TPSA) is 25.4 Å². The van der Waals surface area contributed by atoms with Crippen molar-refractivity contribution in [3.05, 3.63) is 59.8 Å². The molecule has 2 rings (SSSR count). The minimum Gasteiger partial charge on any atom is -0.459 e. The van der Waals surface area contributed by atoms with E-state index in [1.54, 1.807) is 6.20 Å². The largest absolute Gasteiger partial charge is 0.459 e. The Morgan fingerprint density at radius 1 is 1.04 bits per heavy atom. The Morgan fingerprint density at radius 2 is 1.78 bits per heavy atom. The average Bonchev–Trinajstić information content (AvgIpc) is 2.60. The summed E-state index contributed by atoms with van der Waals surface area (Å²) in [6, 6.07) is 13.8. The molecule has 1 aromatic carbocycles. The van der Waals surface area contributed by atoms with Gasteiger partial charge in [0.2, 0.25) is 5.88 Å². The fourth-order valence-electron chi connectivity index (χ4n) is 2.32. The lowest BCUT2D eigenvalue weighted by Crippen LogP contribution is -2.37. The molecule has 120 valence electrons. The maximum absolute atomic E-state index is 5.90. The number of hydrogen-bond acceptors (Lipinski definition) is 3. The van der Waals surface area contributed by atoms with E-state index in [0.29, 0.717) is 5.88 Å². The molecule has 23 heavy (non-hydrogen) atoms. The Kier molecular flexibility index (Phi) is 6.65. The molecule has 3 nitrogen and oxygen atoms in total. The second-order valence-electron chi connectivity index (χ2n) is 5.35. The van der Waals surface area contributed by atoms with Crippen molar-refractivity contribution in [1.82, 2.24) is 9.88 Å². The van der Waals surface area contributed by atoms with Crippen LogP contribution in [0.3, 0.4) is 0 Å². The van der Waals surface area contributed by atoms with E-state index in [-0.39, 0.29) is 6.23 Å². The van der Waals surface area contributed by atoms with Gasteiger partial charge in [0.1, 0.15) is 0 Å². The van der Waals surface area contributed by atoms with E-state index in [4.69, 9.17) is 4.74 Å². The monoisotopic (exact) mass is 308 g/mol. The predicted molar refractivity (Wildman–Crippen MR) is 94.3 cm³/mol. The van der Waals surface area contributed by atoms with Crippen LogP contribution in [-0.2, 0) is 0 Å². The van der Waals surface area contributed by atoms with E-state index >= 15 is 0 Å². The van der Waals surface area contributed by atoms with Crippen molar-refractivity contribution in [3.63, 3.8) is 0 Å². The van der Waals surface area contributed by atoms with E-state index < -0.39 is 0 Å². The summed E-state index contributed by atoms with van der Waals surface area (Å²) in [5.74, 6) is 6.88. The molecule has 0 saturated heterocycles. The van der Waals surface area contributed by atoms with Crippen LogP contribution in [0.2, 0.25) is 0 Å². The van der Waals surface area contributed by atoms with Gasteiger partial charge in [0, 0.05) is 29.9 Å². The van der Waals surface area contributed by atoms with Crippen LogP contribution in [0.5, 0.6) is 5.88 Å². The van der Waals surface area contributed by atoms with Crippen LogP contribution in [0.15, 0.2) is 48.7 Å². The van der Waals surface area contributed by atoms with Gasteiger partial charge in [-0.1, -0.05) is 43.9 Å². The summed E-state index contributed by atoms with van der Waals surface area (Å²) in [6.07, 6.45) is 2.89. The highest BCUT2D eigenvalue weighted by Crippen LogP contribution is 2.11. The zero-order valence-corrected chi connectivity index (χ0v) is 14.1. The van der Waals surface area contributed by atoms with Gasteiger partial charge in [-0.3, -0.25) is 4.90 Å². The molecular formula is C20H24N2O.